The lowest BCUT2D eigenvalue weighted by atomic mass is 10.0. The Morgan fingerprint density at radius 1 is 1.40 bits per heavy atom. The minimum Gasteiger partial charge on any atom is -0.347 e. The number of amides is 1. The van der Waals surface area contributed by atoms with Crippen LogP contribution in [0.3, 0.4) is 0 Å². The van der Waals surface area contributed by atoms with E-state index in [1.807, 2.05) is 0 Å². The summed E-state index contributed by atoms with van der Waals surface area (Å²) in [6.45, 7) is 4.68. The Kier molecular flexibility index (Phi) is 4.74. The molecule has 0 aliphatic carbocycles. The van der Waals surface area contributed by atoms with Crippen LogP contribution >= 0.6 is 11.6 Å². The van der Waals surface area contributed by atoms with Gasteiger partial charge in [-0.05, 0) is 18.1 Å². The van der Waals surface area contributed by atoms with E-state index < -0.39 is 0 Å². The third kappa shape index (κ3) is 3.57. The van der Waals surface area contributed by atoms with Crippen LogP contribution in [-0.2, 0) is 6.54 Å². The van der Waals surface area contributed by atoms with Crippen molar-refractivity contribution in [3.8, 4) is 0 Å². The molecule has 0 saturated heterocycles. The van der Waals surface area contributed by atoms with Crippen molar-refractivity contribution in [2.75, 3.05) is 0 Å². The predicted octanol–water partition coefficient (Wildman–Crippen LogP) is 2.39. The summed E-state index contributed by atoms with van der Waals surface area (Å²) >= 11 is 6.04. The number of benzene rings is 1. The minimum atomic E-state index is -0.172. The second kappa shape index (κ2) is 6.52. The van der Waals surface area contributed by atoms with Crippen LogP contribution in [0.5, 0.6) is 0 Å². The van der Waals surface area contributed by atoms with Crippen LogP contribution in [0.25, 0.3) is 0 Å². The first-order valence-electron chi connectivity index (χ1n) is 6.45. The average Bonchev–Trinajstić information content (AvgIpc) is 2.91. The molecule has 0 aliphatic rings. The Balaban J connectivity index is 2.08. The highest BCUT2D eigenvalue weighted by molar-refractivity contribution is 6.33. The summed E-state index contributed by atoms with van der Waals surface area (Å²) in [5.74, 6) is 0.0973. The van der Waals surface area contributed by atoms with Gasteiger partial charge in [0.1, 0.15) is 12.7 Å². The molecule has 0 aliphatic heterocycles. The van der Waals surface area contributed by atoms with Crippen molar-refractivity contribution < 1.29 is 4.79 Å². The van der Waals surface area contributed by atoms with E-state index in [-0.39, 0.29) is 17.9 Å². The van der Waals surface area contributed by atoms with Crippen molar-refractivity contribution in [3.05, 3.63) is 47.5 Å². The SMILES string of the molecule is CC(C)[C@H](Cn1cncn1)NC(=O)c1ccccc1Cl. The number of hydrogen-bond donors (Lipinski definition) is 1. The van der Waals surface area contributed by atoms with Gasteiger partial charge in [-0.1, -0.05) is 37.6 Å². The summed E-state index contributed by atoms with van der Waals surface area (Å²) in [6, 6.07) is 6.97. The van der Waals surface area contributed by atoms with Gasteiger partial charge in [-0.2, -0.15) is 5.10 Å². The Labute approximate surface area is 123 Å². The first kappa shape index (κ1) is 14.5. The monoisotopic (exact) mass is 292 g/mol. The summed E-state index contributed by atoms with van der Waals surface area (Å²) in [7, 11) is 0. The molecule has 0 spiro atoms. The van der Waals surface area contributed by atoms with Gasteiger partial charge in [-0.15, -0.1) is 0 Å². The van der Waals surface area contributed by atoms with Gasteiger partial charge in [0.05, 0.1) is 23.2 Å². The summed E-state index contributed by atoms with van der Waals surface area (Å²) in [4.78, 5) is 16.2. The number of nitrogens with zero attached hydrogens (tertiary/aromatic N) is 3. The number of carbonyl (C=O) groups excluding carboxylic acids is 1. The third-order valence-corrected chi connectivity index (χ3v) is 3.42. The number of nitrogens with one attached hydrogen (secondary N) is 1. The van der Waals surface area contributed by atoms with Crippen LogP contribution in [0.4, 0.5) is 0 Å². The fourth-order valence-corrected chi connectivity index (χ4v) is 2.06. The number of rotatable bonds is 5. The maximum Gasteiger partial charge on any atom is 0.253 e. The Hall–Kier alpha value is -1.88. The van der Waals surface area contributed by atoms with E-state index in [0.29, 0.717) is 17.1 Å². The number of hydrogen-bond acceptors (Lipinski definition) is 3. The quantitative estimate of drug-likeness (QED) is 0.920. The van der Waals surface area contributed by atoms with Gasteiger partial charge in [-0.3, -0.25) is 9.48 Å². The summed E-state index contributed by atoms with van der Waals surface area (Å²) in [5.41, 5.74) is 0.485. The zero-order valence-electron chi connectivity index (χ0n) is 11.5. The van der Waals surface area contributed by atoms with Gasteiger partial charge in [0.2, 0.25) is 0 Å². The Morgan fingerprint density at radius 2 is 2.15 bits per heavy atom. The molecule has 1 aromatic carbocycles. The van der Waals surface area contributed by atoms with Gasteiger partial charge < -0.3 is 5.32 Å². The van der Waals surface area contributed by atoms with E-state index in [9.17, 15) is 4.79 Å². The van der Waals surface area contributed by atoms with Crippen LogP contribution in [0, 0.1) is 5.92 Å². The molecular formula is C14H17ClN4O. The van der Waals surface area contributed by atoms with Gasteiger partial charge in [-0.25, -0.2) is 4.98 Å². The molecule has 0 radical (unpaired) electrons. The molecule has 2 aromatic rings. The van der Waals surface area contributed by atoms with E-state index >= 15 is 0 Å². The fraction of sp³-hybridized carbons (Fsp3) is 0.357. The molecule has 20 heavy (non-hydrogen) atoms. The molecule has 1 amide bonds. The molecule has 106 valence electrons. The van der Waals surface area contributed by atoms with Crippen LogP contribution in [0.2, 0.25) is 5.02 Å². The molecule has 0 fully saturated rings. The van der Waals surface area contributed by atoms with Gasteiger partial charge in [0.15, 0.2) is 0 Å². The van der Waals surface area contributed by atoms with E-state index in [1.165, 1.54) is 6.33 Å². The number of aromatic nitrogens is 3. The molecular weight excluding hydrogens is 276 g/mol. The molecule has 0 unspecified atom stereocenters. The lowest BCUT2D eigenvalue weighted by Crippen LogP contribution is -2.41. The van der Waals surface area contributed by atoms with Crippen LogP contribution < -0.4 is 5.32 Å². The molecule has 1 atom stereocenters. The van der Waals surface area contributed by atoms with Gasteiger partial charge in [0, 0.05) is 0 Å². The third-order valence-electron chi connectivity index (χ3n) is 3.09. The van der Waals surface area contributed by atoms with Crippen molar-refractivity contribution in [2.45, 2.75) is 26.4 Å². The lowest BCUT2D eigenvalue weighted by Gasteiger charge is -2.22. The average molecular weight is 293 g/mol. The zero-order valence-corrected chi connectivity index (χ0v) is 12.2. The van der Waals surface area contributed by atoms with Crippen molar-refractivity contribution in [1.82, 2.24) is 20.1 Å². The van der Waals surface area contributed by atoms with Crippen LogP contribution in [0.1, 0.15) is 24.2 Å². The first-order chi connectivity index (χ1) is 9.58. The van der Waals surface area contributed by atoms with E-state index in [1.54, 1.807) is 35.3 Å². The largest absolute Gasteiger partial charge is 0.347 e. The zero-order chi connectivity index (χ0) is 14.5. The highest BCUT2D eigenvalue weighted by Gasteiger charge is 2.19. The maximum atomic E-state index is 12.3. The fourth-order valence-electron chi connectivity index (χ4n) is 1.84. The van der Waals surface area contributed by atoms with Gasteiger partial charge >= 0.3 is 0 Å². The lowest BCUT2D eigenvalue weighted by molar-refractivity contribution is 0.0919. The molecule has 1 heterocycles. The molecule has 0 bridgehead atoms. The molecule has 1 aromatic heterocycles. The first-order valence-corrected chi connectivity index (χ1v) is 6.83. The van der Waals surface area contributed by atoms with E-state index in [4.69, 9.17) is 11.6 Å². The van der Waals surface area contributed by atoms with Crippen molar-refractivity contribution in [1.29, 1.82) is 0 Å². The topological polar surface area (TPSA) is 59.8 Å². The summed E-state index contributed by atoms with van der Waals surface area (Å²) < 4.78 is 1.71. The molecule has 6 heteroatoms. The predicted molar refractivity (Wildman–Crippen MR) is 77.6 cm³/mol. The van der Waals surface area contributed by atoms with E-state index in [2.05, 4.69) is 29.2 Å². The molecule has 0 saturated carbocycles. The Bertz CT molecular complexity index is 568. The second-order valence-corrected chi connectivity index (χ2v) is 5.33. The molecule has 5 nitrogen and oxygen atoms in total. The smallest absolute Gasteiger partial charge is 0.253 e. The second-order valence-electron chi connectivity index (χ2n) is 4.92. The summed E-state index contributed by atoms with van der Waals surface area (Å²) in [5, 5.41) is 7.52. The molecule has 2 rings (SSSR count). The number of carbonyl (C=O) groups is 1. The van der Waals surface area contributed by atoms with Crippen molar-refractivity contribution >= 4 is 17.5 Å². The normalized spacial score (nSPS) is 12.4. The van der Waals surface area contributed by atoms with Crippen LogP contribution in [0.15, 0.2) is 36.9 Å². The maximum absolute atomic E-state index is 12.3. The van der Waals surface area contributed by atoms with Crippen molar-refractivity contribution in [3.63, 3.8) is 0 Å². The highest BCUT2D eigenvalue weighted by atomic mass is 35.5. The van der Waals surface area contributed by atoms with E-state index in [0.717, 1.165) is 0 Å². The van der Waals surface area contributed by atoms with Crippen molar-refractivity contribution in [2.24, 2.45) is 5.92 Å². The van der Waals surface area contributed by atoms with Crippen LogP contribution in [-0.4, -0.2) is 26.7 Å². The standard InChI is InChI=1S/C14H17ClN4O/c1-10(2)13(7-19-9-16-8-17-19)18-14(20)11-5-3-4-6-12(11)15/h3-6,8-10,13H,7H2,1-2H3,(H,18,20)/t13-/m0/s1. The highest BCUT2D eigenvalue weighted by Crippen LogP contribution is 2.15. The minimum absolute atomic E-state index is 0.0412. The Morgan fingerprint density at radius 3 is 2.75 bits per heavy atom. The summed E-state index contributed by atoms with van der Waals surface area (Å²) in [6.07, 6.45) is 3.12. The van der Waals surface area contributed by atoms with Gasteiger partial charge in [0.25, 0.3) is 5.91 Å². The number of halogens is 1. The molecule has 1 N–H and O–H groups in total.